The van der Waals surface area contributed by atoms with Crippen molar-refractivity contribution in [3.8, 4) is 22.6 Å². The van der Waals surface area contributed by atoms with Gasteiger partial charge in [0.2, 0.25) is 0 Å². The van der Waals surface area contributed by atoms with Crippen molar-refractivity contribution in [3.05, 3.63) is 52.1 Å². The topological polar surface area (TPSA) is 102 Å². The summed E-state index contributed by atoms with van der Waals surface area (Å²) in [5.41, 5.74) is -0.0321. The summed E-state index contributed by atoms with van der Waals surface area (Å²) in [5, 5.41) is 22.2. The number of carbonyl (C=O) groups excluding carboxylic acids is 1. The second-order valence-corrected chi connectivity index (χ2v) is 4.31. The molecule has 7 nitrogen and oxygen atoms in total. The number of carbonyl (C=O) groups is 1. The average Bonchev–Trinajstić information content (AvgIpc) is 2.53. The Morgan fingerprint density at radius 3 is 2.14 bits per heavy atom. The number of carboxylic acid groups (broad SMARTS) is 1. The summed E-state index contributed by atoms with van der Waals surface area (Å²) in [7, 11) is 2.87. The van der Waals surface area contributed by atoms with Crippen molar-refractivity contribution >= 4 is 11.7 Å². The van der Waals surface area contributed by atoms with Gasteiger partial charge in [0.1, 0.15) is 11.5 Å². The summed E-state index contributed by atoms with van der Waals surface area (Å²) >= 11 is 0. The van der Waals surface area contributed by atoms with E-state index in [0.717, 1.165) is 6.07 Å². The number of nitro groups is 1. The minimum atomic E-state index is -1.52. The number of rotatable bonds is 5. The Balaban J connectivity index is 2.77. The van der Waals surface area contributed by atoms with Crippen molar-refractivity contribution in [1.29, 1.82) is 0 Å². The van der Waals surface area contributed by atoms with Crippen LogP contribution in [0, 0.1) is 10.1 Å². The zero-order chi connectivity index (χ0) is 16.3. The maximum Gasteiger partial charge on any atom is 0.270 e. The molecular formula is C15H12NO6-. The predicted octanol–water partition coefficient (Wildman–Crippen LogP) is 1.64. The molecule has 0 aromatic heterocycles. The van der Waals surface area contributed by atoms with Gasteiger partial charge in [-0.1, -0.05) is 6.07 Å². The van der Waals surface area contributed by atoms with Gasteiger partial charge < -0.3 is 19.4 Å². The second kappa shape index (κ2) is 6.13. The predicted molar refractivity (Wildman–Crippen MR) is 76.0 cm³/mol. The molecular weight excluding hydrogens is 290 g/mol. The molecule has 0 aliphatic carbocycles. The molecule has 0 aliphatic heterocycles. The van der Waals surface area contributed by atoms with Gasteiger partial charge in [0.15, 0.2) is 0 Å². The molecule has 0 N–H and O–H groups in total. The largest absolute Gasteiger partial charge is 0.545 e. The number of aromatic carboxylic acids is 1. The molecule has 0 saturated carbocycles. The summed E-state index contributed by atoms with van der Waals surface area (Å²) in [6.07, 6.45) is 0. The van der Waals surface area contributed by atoms with Gasteiger partial charge in [0, 0.05) is 17.7 Å². The van der Waals surface area contributed by atoms with Crippen LogP contribution in [0.3, 0.4) is 0 Å². The van der Waals surface area contributed by atoms with Crippen LogP contribution in [0.25, 0.3) is 11.1 Å². The van der Waals surface area contributed by atoms with Crippen molar-refractivity contribution < 1.29 is 24.3 Å². The van der Waals surface area contributed by atoms with Gasteiger partial charge in [-0.15, -0.1) is 0 Å². The zero-order valence-corrected chi connectivity index (χ0v) is 11.9. The number of non-ortho nitro benzene ring substituents is 1. The molecule has 0 fully saturated rings. The summed E-state index contributed by atoms with van der Waals surface area (Å²) in [6, 6.07) is 8.47. The Kier molecular flexibility index (Phi) is 4.26. The van der Waals surface area contributed by atoms with E-state index in [1.54, 1.807) is 18.2 Å². The first-order valence-corrected chi connectivity index (χ1v) is 6.20. The highest BCUT2D eigenvalue weighted by molar-refractivity contribution is 5.97. The minimum Gasteiger partial charge on any atom is -0.545 e. The van der Waals surface area contributed by atoms with Crippen molar-refractivity contribution in [2.24, 2.45) is 0 Å². The van der Waals surface area contributed by atoms with Crippen LogP contribution in [0.2, 0.25) is 0 Å². The standard InChI is InChI=1S/C15H13NO6/c1-21-12-4-3-5-13(22-2)14(12)10-7-6-9(16(19)20)8-11(10)15(17)18/h3-8H,1-2H3,(H,17,18)/p-1. The summed E-state index contributed by atoms with van der Waals surface area (Å²) in [4.78, 5) is 21.5. The van der Waals surface area contributed by atoms with Gasteiger partial charge in [-0.2, -0.15) is 0 Å². The first-order valence-electron chi connectivity index (χ1n) is 6.20. The monoisotopic (exact) mass is 302 g/mol. The van der Waals surface area contributed by atoms with E-state index >= 15 is 0 Å². The molecule has 2 rings (SSSR count). The lowest BCUT2D eigenvalue weighted by Crippen LogP contribution is -2.23. The van der Waals surface area contributed by atoms with Gasteiger partial charge >= 0.3 is 0 Å². The van der Waals surface area contributed by atoms with Crippen LogP contribution in [0.5, 0.6) is 11.5 Å². The third-order valence-electron chi connectivity index (χ3n) is 3.13. The van der Waals surface area contributed by atoms with E-state index in [9.17, 15) is 20.0 Å². The molecule has 2 aromatic rings. The minimum absolute atomic E-state index is 0.222. The van der Waals surface area contributed by atoms with Crippen molar-refractivity contribution in [2.45, 2.75) is 0 Å². The van der Waals surface area contributed by atoms with Crippen LogP contribution in [0.15, 0.2) is 36.4 Å². The third-order valence-corrected chi connectivity index (χ3v) is 3.13. The van der Waals surface area contributed by atoms with E-state index in [1.165, 1.54) is 26.4 Å². The second-order valence-electron chi connectivity index (χ2n) is 4.31. The molecule has 22 heavy (non-hydrogen) atoms. The van der Waals surface area contributed by atoms with Gasteiger partial charge in [0.05, 0.1) is 30.7 Å². The first-order chi connectivity index (χ1) is 10.5. The molecule has 0 bridgehead atoms. The van der Waals surface area contributed by atoms with Crippen LogP contribution in [0.4, 0.5) is 5.69 Å². The summed E-state index contributed by atoms with van der Waals surface area (Å²) in [5.74, 6) is -0.752. The third kappa shape index (κ3) is 2.69. The van der Waals surface area contributed by atoms with Gasteiger partial charge in [-0.25, -0.2) is 0 Å². The van der Waals surface area contributed by atoms with Crippen LogP contribution < -0.4 is 14.6 Å². The van der Waals surface area contributed by atoms with Crippen LogP contribution in [-0.2, 0) is 0 Å². The molecule has 114 valence electrons. The zero-order valence-electron chi connectivity index (χ0n) is 11.9. The van der Waals surface area contributed by atoms with Gasteiger partial charge in [0.25, 0.3) is 5.69 Å². The van der Waals surface area contributed by atoms with Crippen LogP contribution in [0.1, 0.15) is 10.4 Å². The van der Waals surface area contributed by atoms with E-state index in [-0.39, 0.29) is 16.8 Å². The van der Waals surface area contributed by atoms with Crippen molar-refractivity contribution in [2.75, 3.05) is 14.2 Å². The molecule has 7 heteroatoms. The molecule has 0 spiro atoms. The molecule has 0 radical (unpaired) electrons. The lowest BCUT2D eigenvalue weighted by molar-refractivity contribution is -0.385. The Morgan fingerprint density at radius 2 is 1.68 bits per heavy atom. The maximum absolute atomic E-state index is 11.4. The Hall–Kier alpha value is -3.09. The van der Waals surface area contributed by atoms with E-state index in [1.807, 2.05) is 0 Å². The fraction of sp³-hybridized carbons (Fsp3) is 0.133. The molecule has 0 heterocycles. The molecule has 0 unspecified atom stereocenters. The van der Waals surface area contributed by atoms with Crippen LogP contribution in [-0.4, -0.2) is 25.1 Å². The lowest BCUT2D eigenvalue weighted by atomic mass is 9.97. The summed E-state index contributed by atoms with van der Waals surface area (Å²) < 4.78 is 10.5. The van der Waals surface area contributed by atoms with Gasteiger partial charge in [-0.05, 0) is 23.8 Å². The van der Waals surface area contributed by atoms with Crippen molar-refractivity contribution in [3.63, 3.8) is 0 Å². The van der Waals surface area contributed by atoms with E-state index in [2.05, 4.69) is 0 Å². The van der Waals surface area contributed by atoms with Crippen LogP contribution >= 0.6 is 0 Å². The Labute approximate surface area is 125 Å². The van der Waals surface area contributed by atoms with E-state index in [0.29, 0.717) is 17.1 Å². The van der Waals surface area contributed by atoms with E-state index in [4.69, 9.17) is 9.47 Å². The SMILES string of the molecule is COc1cccc(OC)c1-c1ccc([N+](=O)[O-])cc1C(=O)[O-]. The molecule has 0 aliphatic rings. The number of hydrogen-bond donors (Lipinski definition) is 0. The highest BCUT2D eigenvalue weighted by Crippen LogP contribution is 2.40. The molecule has 0 saturated heterocycles. The Bertz CT molecular complexity index is 719. The number of methoxy groups -OCH3 is 2. The van der Waals surface area contributed by atoms with E-state index < -0.39 is 10.9 Å². The first kappa shape index (κ1) is 15.3. The number of benzene rings is 2. The fourth-order valence-electron chi connectivity index (χ4n) is 2.15. The molecule has 2 aromatic carbocycles. The Morgan fingerprint density at radius 1 is 1.09 bits per heavy atom. The normalized spacial score (nSPS) is 10.1. The number of nitro benzene ring substituents is 1. The van der Waals surface area contributed by atoms with Crippen molar-refractivity contribution in [1.82, 2.24) is 0 Å². The average molecular weight is 302 g/mol. The number of nitrogens with zero attached hydrogens (tertiary/aromatic N) is 1. The lowest BCUT2D eigenvalue weighted by Gasteiger charge is -2.16. The quantitative estimate of drug-likeness (QED) is 0.614. The summed E-state index contributed by atoms with van der Waals surface area (Å²) in [6.45, 7) is 0. The van der Waals surface area contributed by atoms with Gasteiger partial charge in [-0.3, -0.25) is 10.1 Å². The smallest absolute Gasteiger partial charge is 0.270 e. The fourth-order valence-corrected chi connectivity index (χ4v) is 2.15. The molecule has 0 amide bonds. The number of ether oxygens (including phenoxy) is 2. The molecule has 0 atom stereocenters. The highest BCUT2D eigenvalue weighted by Gasteiger charge is 2.19. The maximum atomic E-state index is 11.4. The number of carboxylic acids is 1. The highest BCUT2D eigenvalue weighted by atomic mass is 16.6. The number of hydrogen-bond acceptors (Lipinski definition) is 6.